The van der Waals surface area contributed by atoms with Crippen LogP contribution >= 0.6 is 0 Å². The summed E-state index contributed by atoms with van der Waals surface area (Å²) in [6.07, 6.45) is 2.92. The van der Waals surface area contributed by atoms with Crippen LogP contribution in [0, 0.1) is 5.82 Å². The second-order valence-corrected chi connectivity index (χ2v) is 9.60. The summed E-state index contributed by atoms with van der Waals surface area (Å²) in [4.78, 5) is 21.5. The highest BCUT2D eigenvalue weighted by molar-refractivity contribution is 5.98. The second-order valence-electron chi connectivity index (χ2n) is 9.60. The van der Waals surface area contributed by atoms with Gasteiger partial charge in [0.15, 0.2) is 11.8 Å². The Bertz CT molecular complexity index is 1600. The fourth-order valence-corrected chi connectivity index (χ4v) is 5.25. The molecule has 0 spiro atoms. The van der Waals surface area contributed by atoms with Gasteiger partial charge in [0, 0.05) is 22.8 Å². The van der Waals surface area contributed by atoms with Crippen molar-refractivity contribution in [2.24, 2.45) is 0 Å². The highest BCUT2D eigenvalue weighted by atomic mass is 19.3. The number of nitrogens with zero attached hydrogens (tertiary/aromatic N) is 4. The van der Waals surface area contributed by atoms with E-state index in [1.54, 1.807) is 10.6 Å². The molecular weight excluding hydrogens is 491 g/mol. The van der Waals surface area contributed by atoms with Crippen molar-refractivity contribution in [3.05, 3.63) is 71.3 Å². The molecule has 0 fully saturated rings. The number of fused-ring (bicyclic) bond motifs is 9. The lowest BCUT2D eigenvalue weighted by atomic mass is 9.97. The van der Waals surface area contributed by atoms with E-state index in [0.29, 0.717) is 33.6 Å². The first-order valence-electron chi connectivity index (χ1n) is 11.5. The van der Waals surface area contributed by atoms with Crippen LogP contribution in [0.3, 0.4) is 0 Å². The predicted octanol–water partition coefficient (Wildman–Crippen LogP) is 3.37. The summed E-state index contributed by atoms with van der Waals surface area (Å²) >= 11 is 0. The van der Waals surface area contributed by atoms with Gasteiger partial charge in [-0.25, -0.2) is 9.37 Å². The van der Waals surface area contributed by atoms with Crippen LogP contribution in [-0.2, 0) is 5.60 Å². The maximum Gasteiger partial charge on any atom is 0.387 e. The normalized spacial score (nSPS) is 18.5. The first kappa shape index (κ1) is 23.2. The maximum atomic E-state index is 15.2. The number of carbonyl (C=O) groups is 1. The third-order valence-corrected chi connectivity index (χ3v) is 6.72. The minimum absolute atomic E-state index is 0.0352. The van der Waals surface area contributed by atoms with Crippen LogP contribution < -0.4 is 14.8 Å². The van der Waals surface area contributed by atoms with Gasteiger partial charge in [0.25, 0.3) is 5.91 Å². The number of carbonyl (C=O) groups excluding carboxylic acids is 1. The Labute approximate surface area is 207 Å². The number of aliphatic hydroxyl groups is 1. The molecule has 2 aliphatic rings. The van der Waals surface area contributed by atoms with E-state index >= 15 is 4.39 Å². The van der Waals surface area contributed by atoms with Gasteiger partial charge >= 0.3 is 12.4 Å². The van der Waals surface area contributed by atoms with Crippen molar-refractivity contribution in [2.45, 2.75) is 44.6 Å². The Morgan fingerprint density at radius 3 is 2.76 bits per heavy atom. The number of halogens is 3. The fourth-order valence-electron chi connectivity index (χ4n) is 5.25. The van der Waals surface area contributed by atoms with Gasteiger partial charge in [-0.1, -0.05) is 6.07 Å². The molecule has 12 heteroatoms. The van der Waals surface area contributed by atoms with Gasteiger partial charge in [-0.05, 0) is 48.2 Å². The minimum Gasteiger partial charge on any atom is -0.434 e. The molecule has 2 aliphatic heterocycles. The first-order valence-corrected chi connectivity index (χ1v) is 11.5. The molecule has 0 aliphatic carbocycles. The SMILES string of the molecule is CC(C)(O)c1ncc(-c2cc3c(cc2F)nc2n3[C@@H]3C[C@H]2NC(=O)c2cccc(OC(F)F)c23)c[n+]1O. The molecule has 6 rings (SSSR count). The number of ether oxygens (including phenoxy) is 1. The topological polar surface area (TPSA) is 113 Å². The third kappa shape index (κ3) is 3.58. The summed E-state index contributed by atoms with van der Waals surface area (Å²) in [5.41, 5.74) is 0.239. The maximum absolute atomic E-state index is 15.2. The van der Waals surface area contributed by atoms with Crippen molar-refractivity contribution in [1.29, 1.82) is 0 Å². The number of alkyl halides is 2. The van der Waals surface area contributed by atoms with E-state index in [-0.39, 0.29) is 28.3 Å². The second kappa shape index (κ2) is 7.90. The fraction of sp³-hybridized carbons (Fsp3) is 0.280. The number of imidazole rings is 1. The molecule has 2 atom stereocenters. The van der Waals surface area contributed by atoms with Crippen molar-refractivity contribution in [1.82, 2.24) is 19.9 Å². The van der Waals surface area contributed by atoms with Gasteiger partial charge in [0.05, 0.1) is 28.7 Å². The van der Waals surface area contributed by atoms with E-state index in [2.05, 4.69) is 15.3 Å². The molecule has 4 aromatic rings. The number of hydrogen-bond acceptors (Lipinski definition) is 6. The van der Waals surface area contributed by atoms with Crippen LogP contribution in [0.25, 0.3) is 22.2 Å². The Hall–Kier alpha value is -4.19. The molecule has 1 amide bonds. The molecule has 9 nitrogen and oxygen atoms in total. The zero-order valence-electron chi connectivity index (χ0n) is 19.6. The molecule has 2 bridgehead atoms. The monoisotopic (exact) mass is 512 g/mol. The van der Waals surface area contributed by atoms with Gasteiger partial charge in [-0.2, -0.15) is 8.78 Å². The average molecular weight is 512 g/mol. The number of amides is 1. The van der Waals surface area contributed by atoms with E-state index in [9.17, 15) is 23.9 Å². The van der Waals surface area contributed by atoms with Crippen molar-refractivity contribution in [3.8, 4) is 16.9 Å². The van der Waals surface area contributed by atoms with Gasteiger partial charge in [0.2, 0.25) is 0 Å². The summed E-state index contributed by atoms with van der Waals surface area (Å²) < 4.78 is 48.8. The number of rotatable bonds is 4. The van der Waals surface area contributed by atoms with Crippen molar-refractivity contribution in [3.63, 3.8) is 0 Å². The van der Waals surface area contributed by atoms with Crippen LogP contribution in [0.1, 0.15) is 59.9 Å². The molecule has 0 saturated heterocycles. The zero-order valence-corrected chi connectivity index (χ0v) is 19.6. The molecule has 2 aromatic heterocycles. The Balaban J connectivity index is 1.54. The third-order valence-electron chi connectivity index (χ3n) is 6.72. The summed E-state index contributed by atoms with van der Waals surface area (Å²) in [5.74, 6) is -0.741. The zero-order chi connectivity index (χ0) is 26.2. The Morgan fingerprint density at radius 1 is 1.27 bits per heavy atom. The number of benzene rings is 2. The lowest BCUT2D eigenvalue weighted by molar-refractivity contribution is -0.914. The van der Waals surface area contributed by atoms with Crippen LogP contribution in [0.5, 0.6) is 5.75 Å². The Morgan fingerprint density at radius 2 is 2.05 bits per heavy atom. The average Bonchev–Trinajstić information content (AvgIpc) is 3.28. The smallest absolute Gasteiger partial charge is 0.387 e. The van der Waals surface area contributed by atoms with E-state index < -0.39 is 36.0 Å². The molecule has 190 valence electrons. The minimum atomic E-state index is -3.08. The van der Waals surface area contributed by atoms with Gasteiger partial charge in [-0.15, -0.1) is 0 Å². The number of hydrogen-bond donors (Lipinski definition) is 3. The molecule has 37 heavy (non-hydrogen) atoms. The van der Waals surface area contributed by atoms with Crippen molar-refractivity contribution < 1.29 is 37.7 Å². The summed E-state index contributed by atoms with van der Waals surface area (Å²) in [5, 5.41) is 23.4. The Kier molecular flexibility index (Phi) is 4.96. The highest BCUT2D eigenvalue weighted by Gasteiger charge is 2.42. The molecule has 3 N–H and O–H groups in total. The summed E-state index contributed by atoms with van der Waals surface area (Å²) in [7, 11) is 0. The molecule has 0 radical (unpaired) electrons. The molecule has 0 unspecified atom stereocenters. The van der Waals surface area contributed by atoms with Crippen molar-refractivity contribution >= 4 is 16.9 Å². The lowest BCUT2D eigenvalue weighted by Gasteiger charge is -2.21. The molecular formula is C25H21F3N5O4+. The van der Waals surface area contributed by atoms with E-state index in [4.69, 9.17) is 4.74 Å². The van der Waals surface area contributed by atoms with Gasteiger partial charge in [-0.3, -0.25) is 4.79 Å². The van der Waals surface area contributed by atoms with Crippen LogP contribution in [0.15, 0.2) is 42.7 Å². The molecule has 4 heterocycles. The molecule has 2 aromatic carbocycles. The van der Waals surface area contributed by atoms with Crippen LogP contribution in [0.2, 0.25) is 0 Å². The largest absolute Gasteiger partial charge is 0.434 e. The first-order chi connectivity index (χ1) is 17.5. The lowest BCUT2D eigenvalue weighted by Crippen LogP contribution is -2.43. The van der Waals surface area contributed by atoms with Crippen LogP contribution in [-0.4, -0.2) is 37.4 Å². The number of nitrogens with one attached hydrogen (secondary N) is 1. The van der Waals surface area contributed by atoms with Gasteiger partial charge in [0.1, 0.15) is 23.6 Å². The van der Waals surface area contributed by atoms with E-state index in [1.165, 1.54) is 50.5 Å². The van der Waals surface area contributed by atoms with Crippen molar-refractivity contribution in [2.75, 3.05) is 0 Å². The van der Waals surface area contributed by atoms with Gasteiger partial charge < -0.3 is 24.9 Å². The van der Waals surface area contributed by atoms with Crippen LogP contribution in [0.4, 0.5) is 13.2 Å². The summed E-state index contributed by atoms with van der Waals surface area (Å²) in [6.45, 7) is -0.181. The standard InChI is InChI=1S/C25H20F3N5O4/c1-25(2,35)23-29-9-11(10-32(23)36)13-6-17-15(7-14(13)26)30-21-16-8-18(33(17)21)20-12(22(34)31-16)4-3-5-19(20)37-24(27)28/h3-7,9-10,16,18,24,35H,8H2,1-2H3,(H-,31,34,36)/p+1/t16-,18-/m1/s1. The molecule has 0 saturated carbocycles. The number of aromatic nitrogens is 4. The van der Waals surface area contributed by atoms with E-state index in [0.717, 1.165) is 0 Å². The quantitative estimate of drug-likeness (QED) is 0.286. The summed E-state index contributed by atoms with van der Waals surface area (Å²) in [6, 6.07) is 6.08. The van der Waals surface area contributed by atoms with E-state index in [1.807, 2.05) is 0 Å². The predicted molar refractivity (Wildman–Crippen MR) is 122 cm³/mol. The highest BCUT2D eigenvalue weighted by Crippen LogP contribution is 2.47.